The summed E-state index contributed by atoms with van der Waals surface area (Å²) in [6, 6.07) is 6.23. The summed E-state index contributed by atoms with van der Waals surface area (Å²) in [5.41, 5.74) is 2.37. The molecular formula is C15H21NO3. The first-order chi connectivity index (χ1) is 8.82. The first kappa shape index (κ1) is 13.7. The maximum atomic E-state index is 10.8. The van der Waals surface area contributed by atoms with Crippen LogP contribution in [0.15, 0.2) is 18.2 Å². The summed E-state index contributed by atoms with van der Waals surface area (Å²) >= 11 is 0. The molecule has 104 valence electrons. The number of carboxylic acid groups (broad SMARTS) is 1. The van der Waals surface area contributed by atoms with Crippen molar-refractivity contribution >= 4 is 6.09 Å². The van der Waals surface area contributed by atoms with Crippen LogP contribution >= 0.6 is 0 Å². The van der Waals surface area contributed by atoms with Gasteiger partial charge < -0.3 is 14.7 Å². The molecule has 1 N–H and O–H groups in total. The van der Waals surface area contributed by atoms with Crippen molar-refractivity contribution in [1.29, 1.82) is 0 Å². The van der Waals surface area contributed by atoms with Crippen LogP contribution in [0.3, 0.4) is 0 Å². The first-order valence-electron chi connectivity index (χ1n) is 6.49. The highest BCUT2D eigenvalue weighted by Crippen LogP contribution is 2.35. The molecule has 0 saturated carbocycles. The average molecular weight is 263 g/mol. The number of rotatable bonds is 2. The molecule has 1 amide bonds. The highest BCUT2D eigenvalue weighted by Gasteiger charge is 2.32. The summed E-state index contributed by atoms with van der Waals surface area (Å²) in [4.78, 5) is 12.2. The van der Waals surface area contributed by atoms with E-state index in [1.165, 1.54) is 10.5 Å². The predicted molar refractivity (Wildman–Crippen MR) is 74.0 cm³/mol. The van der Waals surface area contributed by atoms with Crippen LogP contribution in [0.1, 0.15) is 37.8 Å². The fourth-order valence-corrected chi connectivity index (χ4v) is 2.43. The summed E-state index contributed by atoms with van der Waals surface area (Å²) in [6.45, 7) is 7.61. The molecule has 1 aliphatic heterocycles. The highest BCUT2D eigenvalue weighted by atomic mass is 16.5. The standard InChI is InChI=1S/C15H21NO3/c1-15(2,3)12-6-5-10(7-13(12)19-4)11-8-16(9-11)14(17)18/h5-7,11H,8-9H2,1-4H3,(H,17,18). The molecular weight excluding hydrogens is 242 g/mol. The minimum absolute atomic E-state index is 0.0383. The maximum absolute atomic E-state index is 10.8. The van der Waals surface area contributed by atoms with Crippen LogP contribution in [0, 0.1) is 0 Å². The molecule has 1 fully saturated rings. The Labute approximate surface area is 114 Å². The SMILES string of the molecule is COc1cc(C2CN(C(=O)O)C2)ccc1C(C)(C)C. The first-order valence-corrected chi connectivity index (χ1v) is 6.49. The Hall–Kier alpha value is -1.71. The van der Waals surface area contributed by atoms with Crippen LogP contribution in [0.2, 0.25) is 0 Å². The molecule has 0 unspecified atom stereocenters. The lowest BCUT2D eigenvalue weighted by Gasteiger charge is -2.37. The van der Waals surface area contributed by atoms with E-state index in [4.69, 9.17) is 9.84 Å². The van der Waals surface area contributed by atoms with E-state index in [2.05, 4.69) is 32.9 Å². The van der Waals surface area contributed by atoms with E-state index in [1.54, 1.807) is 7.11 Å². The van der Waals surface area contributed by atoms with E-state index in [1.807, 2.05) is 6.07 Å². The van der Waals surface area contributed by atoms with Gasteiger partial charge in [-0.05, 0) is 22.6 Å². The van der Waals surface area contributed by atoms with Crippen molar-refractivity contribution < 1.29 is 14.6 Å². The molecule has 1 aromatic carbocycles. The van der Waals surface area contributed by atoms with E-state index in [0.717, 1.165) is 11.3 Å². The molecule has 2 rings (SSSR count). The maximum Gasteiger partial charge on any atom is 0.407 e. The van der Waals surface area contributed by atoms with Crippen LogP contribution in [-0.2, 0) is 5.41 Å². The number of hydrogen-bond donors (Lipinski definition) is 1. The molecule has 1 saturated heterocycles. The third-order valence-corrected chi connectivity index (χ3v) is 3.66. The monoisotopic (exact) mass is 263 g/mol. The van der Waals surface area contributed by atoms with E-state index in [9.17, 15) is 4.79 Å². The zero-order valence-electron chi connectivity index (χ0n) is 11.9. The van der Waals surface area contributed by atoms with Crippen LogP contribution in [0.5, 0.6) is 5.75 Å². The largest absolute Gasteiger partial charge is 0.496 e. The summed E-state index contributed by atoms with van der Waals surface area (Å²) in [5, 5.41) is 8.85. The highest BCUT2D eigenvalue weighted by molar-refractivity contribution is 5.66. The van der Waals surface area contributed by atoms with Gasteiger partial charge in [0.2, 0.25) is 0 Å². The van der Waals surface area contributed by atoms with Crippen molar-refractivity contribution in [2.24, 2.45) is 0 Å². The second-order valence-corrected chi connectivity index (χ2v) is 6.09. The zero-order valence-corrected chi connectivity index (χ0v) is 11.9. The van der Waals surface area contributed by atoms with Gasteiger partial charge >= 0.3 is 6.09 Å². The smallest absolute Gasteiger partial charge is 0.407 e. The number of ether oxygens (including phenoxy) is 1. The number of benzene rings is 1. The minimum Gasteiger partial charge on any atom is -0.496 e. The number of nitrogens with zero attached hydrogens (tertiary/aromatic N) is 1. The molecule has 0 spiro atoms. The zero-order chi connectivity index (χ0) is 14.2. The molecule has 4 heteroatoms. The van der Waals surface area contributed by atoms with E-state index in [-0.39, 0.29) is 5.41 Å². The van der Waals surface area contributed by atoms with Gasteiger partial charge in [0, 0.05) is 19.0 Å². The summed E-state index contributed by atoms with van der Waals surface area (Å²) in [5.74, 6) is 1.18. The van der Waals surface area contributed by atoms with E-state index in [0.29, 0.717) is 19.0 Å². The molecule has 0 bridgehead atoms. The lowest BCUT2D eigenvalue weighted by Crippen LogP contribution is -2.47. The molecule has 1 aromatic rings. The van der Waals surface area contributed by atoms with Crippen molar-refractivity contribution in [3.63, 3.8) is 0 Å². The lowest BCUT2D eigenvalue weighted by molar-refractivity contribution is 0.105. The van der Waals surface area contributed by atoms with E-state index < -0.39 is 6.09 Å². The number of likely N-dealkylation sites (tertiary alicyclic amines) is 1. The van der Waals surface area contributed by atoms with Crippen LogP contribution in [0.4, 0.5) is 4.79 Å². The Balaban J connectivity index is 2.19. The molecule has 19 heavy (non-hydrogen) atoms. The second kappa shape index (κ2) is 4.76. The van der Waals surface area contributed by atoms with Gasteiger partial charge in [-0.2, -0.15) is 0 Å². The van der Waals surface area contributed by atoms with Crippen molar-refractivity contribution in [3.8, 4) is 5.75 Å². The average Bonchev–Trinajstić information content (AvgIpc) is 2.24. The molecule has 0 radical (unpaired) electrons. The number of carbonyl (C=O) groups is 1. The lowest BCUT2D eigenvalue weighted by atomic mass is 9.83. The summed E-state index contributed by atoms with van der Waals surface area (Å²) in [6.07, 6.45) is -0.838. The molecule has 0 atom stereocenters. The molecule has 1 aliphatic rings. The summed E-state index contributed by atoms with van der Waals surface area (Å²) < 4.78 is 5.48. The fraction of sp³-hybridized carbons (Fsp3) is 0.533. The van der Waals surface area contributed by atoms with Gasteiger partial charge in [-0.25, -0.2) is 4.79 Å². The molecule has 0 aliphatic carbocycles. The van der Waals surface area contributed by atoms with Gasteiger partial charge in [-0.1, -0.05) is 32.9 Å². The Kier molecular flexibility index (Phi) is 3.43. The van der Waals surface area contributed by atoms with Crippen LogP contribution in [-0.4, -0.2) is 36.3 Å². The third-order valence-electron chi connectivity index (χ3n) is 3.66. The number of amides is 1. The molecule has 1 heterocycles. The van der Waals surface area contributed by atoms with E-state index >= 15 is 0 Å². The Morgan fingerprint density at radius 1 is 1.37 bits per heavy atom. The Morgan fingerprint density at radius 2 is 2.00 bits per heavy atom. The van der Waals surface area contributed by atoms with Crippen molar-refractivity contribution in [3.05, 3.63) is 29.3 Å². The van der Waals surface area contributed by atoms with Gasteiger partial charge in [-0.15, -0.1) is 0 Å². The van der Waals surface area contributed by atoms with Gasteiger partial charge in [0.1, 0.15) is 5.75 Å². The van der Waals surface area contributed by atoms with Crippen molar-refractivity contribution in [1.82, 2.24) is 4.90 Å². The summed E-state index contributed by atoms with van der Waals surface area (Å²) in [7, 11) is 1.68. The van der Waals surface area contributed by atoms with Gasteiger partial charge in [-0.3, -0.25) is 0 Å². The number of hydrogen-bond acceptors (Lipinski definition) is 2. The molecule has 4 nitrogen and oxygen atoms in total. The minimum atomic E-state index is -0.838. The fourth-order valence-electron chi connectivity index (χ4n) is 2.43. The molecule has 0 aromatic heterocycles. The third kappa shape index (κ3) is 2.67. The predicted octanol–water partition coefficient (Wildman–Crippen LogP) is 3.07. The van der Waals surface area contributed by atoms with Gasteiger partial charge in [0.05, 0.1) is 7.11 Å². The Bertz CT molecular complexity index is 485. The Morgan fingerprint density at radius 3 is 2.47 bits per heavy atom. The van der Waals surface area contributed by atoms with Crippen molar-refractivity contribution in [2.75, 3.05) is 20.2 Å². The van der Waals surface area contributed by atoms with Crippen molar-refractivity contribution in [2.45, 2.75) is 32.1 Å². The normalized spacial score (nSPS) is 16.1. The van der Waals surface area contributed by atoms with Crippen LogP contribution < -0.4 is 4.74 Å². The second-order valence-electron chi connectivity index (χ2n) is 6.09. The van der Waals surface area contributed by atoms with Crippen LogP contribution in [0.25, 0.3) is 0 Å². The quantitative estimate of drug-likeness (QED) is 0.892. The van der Waals surface area contributed by atoms with Gasteiger partial charge in [0.15, 0.2) is 0 Å². The number of methoxy groups -OCH3 is 1. The van der Waals surface area contributed by atoms with Gasteiger partial charge in [0.25, 0.3) is 0 Å². The topological polar surface area (TPSA) is 49.8 Å².